The van der Waals surface area contributed by atoms with E-state index in [-0.39, 0.29) is 5.91 Å². The molecule has 1 aromatic heterocycles. The highest BCUT2D eigenvalue weighted by Crippen LogP contribution is 2.44. The van der Waals surface area contributed by atoms with Gasteiger partial charge in [-0.15, -0.1) is 11.3 Å². The number of amides is 1. The molecule has 1 aliphatic rings. The fraction of sp³-hybridized carbons (Fsp3) is 0.154. The van der Waals surface area contributed by atoms with Crippen molar-refractivity contribution >= 4 is 22.4 Å². The first-order valence-corrected chi connectivity index (χ1v) is 11.3. The summed E-state index contributed by atoms with van der Waals surface area (Å²) in [7, 11) is 0. The molecule has 4 aromatic rings. The van der Waals surface area contributed by atoms with Crippen LogP contribution in [-0.4, -0.2) is 10.9 Å². The lowest BCUT2D eigenvalue weighted by Crippen LogP contribution is -2.25. The number of para-hydroxylation sites is 2. The highest BCUT2D eigenvalue weighted by molar-refractivity contribution is 7.14. The molecule has 154 valence electrons. The fourth-order valence-corrected chi connectivity index (χ4v) is 4.69. The van der Waals surface area contributed by atoms with Crippen molar-refractivity contribution in [3.8, 4) is 22.8 Å². The van der Waals surface area contributed by atoms with Gasteiger partial charge in [0.2, 0.25) is 5.91 Å². The van der Waals surface area contributed by atoms with Crippen LogP contribution in [0.2, 0.25) is 0 Å². The molecule has 0 fully saturated rings. The molecule has 1 amide bonds. The van der Waals surface area contributed by atoms with E-state index in [1.807, 2.05) is 53.9 Å². The van der Waals surface area contributed by atoms with Gasteiger partial charge in [-0.25, -0.2) is 4.98 Å². The number of carbonyl (C=O) groups excluding carboxylic acids is 1. The molecule has 3 aromatic carbocycles. The van der Waals surface area contributed by atoms with Crippen molar-refractivity contribution in [2.24, 2.45) is 0 Å². The summed E-state index contributed by atoms with van der Waals surface area (Å²) >= 11 is 1.44. The standard InChI is InChI=1S/C26H22N2O2S/c1-2-7-17-12-14-18(15-13-17)21-16-31-26(27-21)28-25(29)24-19-8-3-5-10-22(19)30-23-11-6-4-9-20(23)24/h3-6,8-16,24H,2,7H2,1H3,(H,27,28,29). The number of benzene rings is 3. The van der Waals surface area contributed by atoms with Crippen molar-refractivity contribution in [3.05, 3.63) is 94.9 Å². The summed E-state index contributed by atoms with van der Waals surface area (Å²) in [4.78, 5) is 18.0. The zero-order valence-electron chi connectivity index (χ0n) is 17.2. The summed E-state index contributed by atoms with van der Waals surface area (Å²) in [6.45, 7) is 2.18. The summed E-state index contributed by atoms with van der Waals surface area (Å²) in [6.07, 6.45) is 2.21. The van der Waals surface area contributed by atoms with Crippen molar-refractivity contribution in [2.75, 3.05) is 5.32 Å². The number of anilines is 1. The van der Waals surface area contributed by atoms with Crippen LogP contribution in [0.15, 0.2) is 78.2 Å². The van der Waals surface area contributed by atoms with Crippen LogP contribution in [-0.2, 0) is 11.2 Å². The highest BCUT2D eigenvalue weighted by atomic mass is 32.1. The molecular weight excluding hydrogens is 404 g/mol. The Morgan fingerprint density at radius 2 is 1.61 bits per heavy atom. The van der Waals surface area contributed by atoms with E-state index >= 15 is 0 Å². The SMILES string of the molecule is CCCc1ccc(-c2csc(NC(=O)C3c4ccccc4Oc4ccccc43)n2)cc1. The maximum atomic E-state index is 13.4. The number of nitrogens with zero attached hydrogens (tertiary/aromatic N) is 1. The van der Waals surface area contributed by atoms with Crippen molar-refractivity contribution in [1.29, 1.82) is 0 Å². The first-order chi connectivity index (χ1) is 15.2. The van der Waals surface area contributed by atoms with Crippen LogP contribution in [0.25, 0.3) is 11.3 Å². The number of rotatable bonds is 5. The van der Waals surface area contributed by atoms with E-state index in [0.717, 1.165) is 35.2 Å². The molecule has 1 N–H and O–H groups in total. The highest BCUT2D eigenvalue weighted by Gasteiger charge is 2.32. The maximum Gasteiger partial charge on any atom is 0.238 e. The third-order valence-corrected chi connectivity index (χ3v) is 6.22. The van der Waals surface area contributed by atoms with E-state index in [4.69, 9.17) is 4.74 Å². The van der Waals surface area contributed by atoms with Gasteiger partial charge in [-0.05, 0) is 24.1 Å². The van der Waals surface area contributed by atoms with Crippen LogP contribution in [0.5, 0.6) is 11.5 Å². The lowest BCUT2D eigenvalue weighted by atomic mass is 9.87. The lowest BCUT2D eigenvalue weighted by molar-refractivity contribution is -0.116. The van der Waals surface area contributed by atoms with Gasteiger partial charge >= 0.3 is 0 Å². The Bertz CT molecular complexity index is 1180. The number of thiazole rings is 1. The molecule has 0 saturated carbocycles. The third kappa shape index (κ3) is 3.84. The molecule has 2 heterocycles. The average molecular weight is 427 g/mol. The minimum atomic E-state index is -0.443. The Morgan fingerprint density at radius 3 is 2.26 bits per heavy atom. The smallest absolute Gasteiger partial charge is 0.238 e. The quantitative estimate of drug-likeness (QED) is 0.389. The zero-order chi connectivity index (χ0) is 21.2. The van der Waals surface area contributed by atoms with Crippen LogP contribution in [0, 0.1) is 0 Å². The van der Waals surface area contributed by atoms with E-state index < -0.39 is 5.92 Å². The van der Waals surface area contributed by atoms with Crippen LogP contribution in [0.4, 0.5) is 5.13 Å². The molecule has 0 saturated heterocycles. The molecule has 0 aliphatic carbocycles. The summed E-state index contributed by atoms with van der Waals surface area (Å²) < 4.78 is 6.00. The van der Waals surface area contributed by atoms with Gasteiger partial charge in [0.25, 0.3) is 0 Å². The van der Waals surface area contributed by atoms with Crippen molar-refractivity contribution in [3.63, 3.8) is 0 Å². The molecular formula is C26H22N2O2S. The molecule has 0 atom stereocenters. The zero-order valence-corrected chi connectivity index (χ0v) is 18.0. The molecule has 0 unspecified atom stereocenters. The Balaban J connectivity index is 1.40. The molecule has 31 heavy (non-hydrogen) atoms. The Labute approximate surface area is 185 Å². The normalized spacial score (nSPS) is 12.5. The van der Waals surface area contributed by atoms with Crippen molar-refractivity contribution in [1.82, 2.24) is 4.98 Å². The molecule has 0 bridgehead atoms. The molecule has 5 heteroatoms. The largest absolute Gasteiger partial charge is 0.457 e. The number of fused-ring (bicyclic) bond motifs is 2. The molecule has 0 spiro atoms. The van der Waals surface area contributed by atoms with Crippen LogP contribution in [0.3, 0.4) is 0 Å². The van der Waals surface area contributed by atoms with E-state index in [1.165, 1.54) is 16.9 Å². The predicted octanol–water partition coefficient (Wildman–Crippen LogP) is 6.64. The van der Waals surface area contributed by atoms with Crippen molar-refractivity contribution < 1.29 is 9.53 Å². The first kappa shape index (κ1) is 19.5. The second kappa shape index (κ2) is 8.36. The Kier molecular flexibility index (Phi) is 5.26. The summed E-state index contributed by atoms with van der Waals surface area (Å²) in [5, 5.41) is 5.61. The van der Waals surface area contributed by atoms with Crippen LogP contribution >= 0.6 is 11.3 Å². The van der Waals surface area contributed by atoms with Gasteiger partial charge in [-0.2, -0.15) is 0 Å². The Hall–Kier alpha value is -3.44. The molecule has 5 rings (SSSR count). The van der Waals surface area contributed by atoms with Gasteiger partial charge in [0.15, 0.2) is 5.13 Å². The molecule has 4 nitrogen and oxygen atoms in total. The number of carbonyl (C=O) groups is 1. The number of ether oxygens (including phenoxy) is 1. The van der Waals surface area contributed by atoms with Gasteiger partial charge in [0, 0.05) is 22.1 Å². The monoisotopic (exact) mass is 426 g/mol. The minimum absolute atomic E-state index is 0.109. The average Bonchev–Trinajstić information content (AvgIpc) is 3.26. The fourth-order valence-electron chi connectivity index (χ4n) is 3.96. The third-order valence-electron chi connectivity index (χ3n) is 5.46. The van der Waals surface area contributed by atoms with E-state index in [9.17, 15) is 4.79 Å². The van der Waals surface area contributed by atoms with Gasteiger partial charge < -0.3 is 10.1 Å². The maximum absolute atomic E-state index is 13.4. The van der Waals surface area contributed by atoms with Crippen LogP contribution in [0.1, 0.15) is 36.0 Å². The second-order valence-corrected chi connectivity index (χ2v) is 8.44. The van der Waals surface area contributed by atoms with Gasteiger partial charge in [-0.1, -0.05) is 74.0 Å². The lowest BCUT2D eigenvalue weighted by Gasteiger charge is -2.27. The van der Waals surface area contributed by atoms with Crippen molar-refractivity contribution in [2.45, 2.75) is 25.7 Å². The summed E-state index contributed by atoms with van der Waals surface area (Å²) in [6, 6.07) is 23.9. The van der Waals surface area contributed by atoms with Gasteiger partial charge in [0.1, 0.15) is 11.5 Å². The molecule has 1 aliphatic heterocycles. The van der Waals surface area contributed by atoms with E-state index in [1.54, 1.807) is 0 Å². The van der Waals surface area contributed by atoms with Gasteiger partial charge in [-0.3, -0.25) is 4.79 Å². The number of nitrogens with one attached hydrogen (secondary N) is 1. The minimum Gasteiger partial charge on any atom is -0.457 e. The topological polar surface area (TPSA) is 51.2 Å². The van der Waals surface area contributed by atoms with E-state index in [0.29, 0.717) is 16.6 Å². The Morgan fingerprint density at radius 1 is 0.968 bits per heavy atom. The van der Waals surface area contributed by atoms with Gasteiger partial charge in [0.05, 0.1) is 11.6 Å². The van der Waals surface area contributed by atoms with E-state index in [2.05, 4.69) is 41.5 Å². The number of hydrogen-bond acceptors (Lipinski definition) is 4. The number of aromatic nitrogens is 1. The number of aryl methyl sites for hydroxylation is 1. The number of hydrogen-bond donors (Lipinski definition) is 1. The predicted molar refractivity (Wildman–Crippen MR) is 125 cm³/mol. The first-order valence-electron chi connectivity index (χ1n) is 10.4. The summed E-state index contributed by atoms with van der Waals surface area (Å²) in [5.41, 5.74) is 4.98. The second-order valence-electron chi connectivity index (χ2n) is 7.58. The van der Waals surface area contributed by atoms with Crippen LogP contribution < -0.4 is 10.1 Å². The molecule has 0 radical (unpaired) electrons. The summed E-state index contributed by atoms with van der Waals surface area (Å²) in [5.74, 6) is 0.880.